The van der Waals surface area contributed by atoms with Crippen molar-refractivity contribution in [3.8, 4) is 0 Å². The van der Waals surface area contributed by atoms with Crippen LogP contribution in [0.5, 0.6) is 0 Å². The molecule has 0 bridgehead atoms. The Morgan fingerprint density at radius 3 is 1.58 bits per heavy atom. The van der Waals surface area contributed by atoms with Crippen LogP contribution in [-0.2, 0) is 28.5 Å². The number of carbonyl (C=O) groups is 2. The van der Waals surface area contributed by atoms with E-state index in [0.717, 1.165) is 110 Å². The Kier molecular flexibility index (Phi) is 54.5. The number of hydrogen-bond donors (Lipinski definition) is 7. The number of nitrogens with one attached hydrogen (secondary N) is 4. The average Bonchev–Trinajstić information content (AvgIpc) is 3.35. The minimum absolute atomic E-state index is 0.109. The quantitative estimate of drug-likeness (QED) is 0.0226. The number of unbranched alkanes of at least 4 members (excludes halogenated alkanes) is 25. The zero-order valence-electron chi connectivity index (χ0n) is 47.3. The van der Waals surface area contributed by atoms with Crippen LogP contribution in [0.3, 0.4) is 0 Å². The summed E-state index contributed by atoms with van der Waals surface area (Å²) in [5.74, 6) is -0.0319. The first-order valence-corrected chi connectivity index (χ1v) is 29.7. The van der Waals surface area contributed by atoms with Crippen molar-refractivity contribution in [2.45, 2.75) is 239 Å². The maximum atomic E-state index is 13.5. The summed E-state index contributed by atoms with van der Waals surface area (Å²) in [4.78, 5) is 33.2. The second kappa shape index (κ2) is 55.7. The van der Waals surface area contributed by atoms with Crippen molar-refractivity contribution < 1.29 is 43.5 Å². The van der Waals surface area contributed by atoms with Crippen LogP contribution in [0.4, 0.5) is 0 Å². The van der Waals surface area contributed by atoms with Crippen LogP contribution in [0.25, 0.3) is 0 Å². The summed E-state index contributed by atoms with van der Waals surface area (Å²) in [5, 5.41) is 41.7. The van der Waals surface area contributed by atoms with E-state index in [2.05, 4.69) is 37.7 Å². The van der Waals surface area contributed by atoms with Crippen LogP contribution >= 0.6 is 0 Å². The summed E-state index contributed by atoms with van der Waals surface area (Å²) >= 11 is 0. The number of rotatable bonds is 58. The number of amides is 2. The summed E-state index contributed by atoms with van der Waals surface area (Å²) in [6, 6.07) is -0.555. The van der Waals surface area contributed by atoms with Crippen molar-refractivity contribution in [1.29, 1.82) is 0 Å². The van der Waals surface area contributed by atoms with Gasteiger partial charge in [0.05, 0.1) is 33.0 Å². The van der Waals surface area contributed by atoms with Gasteiger partial charge in [-0.05, 0) is 6.42 Å². The van der Waals surface area contributed by atoms with Gasteiger partial charge in [0.25, 0.3) is 0 Å². The maximum absolute atomic E-state index is 13.5. The first kappa shape index (κ1) is 70.4. The molecule has 0 aromatic rings. The molecule has 72 heavy (non-hydrogen) atoms. The summed E-state index contributed by atoms with van der Waals surface area (Å²) < 4.78 is 21.7. The molecule has 15 nitrogen and oxygen atoms in total. The average molecular weight is 1020 g/mol. The van der Waals surface area contributed by atoms with Gasteiger partial charge in [0, 0.05) is 13.5 Å². The van der Waals surface area contributed by atoms with E-state index >= 15 is 0 Å². The zero-order chi connectivity index (χ0) is 52.8. The van der Waals surface area contributed by atoms with Crippen LogP contribution in [0.1, 0.15) is 212 Å². The zero-order valence-corrected chi connectivity index (χ0v) is 47.3. The van der Waals surface area contributed by atoms with Crippen molar-refractivity contribution in [3.05, 3.63) is 0 Å². The molecule has 0 radical (unpaired) electrons. The molecule has 2 amide bonds. The molecule has 0 fully saturated rings. The molecule has 0 aliphatic heterocycles. The Morgan fingerprint density at radius 2 is 1.04 bits per heavy atom. The Morgan fingerprint density at radius 1 is 0.569 bits per heavy atom. The van der Waals surface area contributed by atoms with Crippen LogP contribution in [0.2, 0.25) is 20.5 Å². The molecule has 0 saturated heterocycles. The second-order valence-electron chi connectivity index (χ2n) is 20.4. The van der Waals surface area contributed by atoms with E-state index in [-0.39, 0.29) is 30.8 Å². The van der Waals surface area contributed by atoms with Gasteiger partial charge in [-0.3, -0.25) is 4.79 Å². The summed E-state index contributed by atoms with van der Waals surface area (Å²) in [6.07, 6.45) is 36.9. The summed E-state index contributed by atoms with van der Waals surface area (Å²) in [6.45, 7) is 14.5. The first-order valence-electron chi connectivity index (χ1n) is 29.7. The van der Waals surface area contributed by atoms with Gasteiger partial charge in [0.1, 0.15) is 0 Å². The molecule has 19 heteroatoms. The van der Waals surface area contributed by atoms with Crippen LogP contribution in [0.15, 0.2) is 4.90 Å². The Labute approximate surface area is 443 Å². The van der Waals surface area contributed by atoms with Crippen molar-refractivity contribution in [1.82, 2.24) is 25.9 Å². The number of methoxy groups -OCH3 is 1. The predicted octanol–water partition coefficient (Wildman–Crippen LogP) is 9.02. The molecule has 0 heterocycles. The standard InChI is InChI=1S/C53H112B4N6O9/c1-6-7-8-9-10-11-12-13-14-15-16-17-18-19-20-21-22-23-24-29-36-51(62-52(64)37-43-70-46-47-71-45-44-69-5)53(65)58-38-30-26-25-28-35-50(48-59-54-72-42-34-27-31-39-60-55(2)66)49-63(57(4)68)41-33-32-40-61-56(3)67/h50-51,60-61,66-68H,6-49H2,1-5H3,(H,58,65)(H,62,64). The van der Waals surface area contributed by atoms with Gasteiger partial charge in [0.15, 0.2) is 0 Å². The molecule has 0 rings (SSSR count). The summed E-state index contributed by atoms with van der Waals surface area (Å²) in [7, 11) is 1.62. The number of nitrogens with zero attached hydrogens (tertiary/aromatic N) is 2. The predicted molar refractivity (Wildman–Crippen MR) is 303 cm³/mol. The van der Waals surface area contributed by atoms with Gasteiger partial charge in [-0.2, -0.15) is 0 Å². The Balaban J connectivity index is 4.82. The number of ether oxygens (including phenoxy) is 3. The molecule has 2 atom stereocenters. The van der Waals surface area contributed by atoms with Crippen molar-refractivity contribution in [2.75, 3.05) is 86.0 Å². The van der Waals surface area contributed by atoms with E-state index in [0.29, 0.717) is 52.5 Å². The fourth-order valence-corrected chi connectivity index (χ4v) is 8.86. The van der Waals surface area contributed by atoms with Crippen LogP contribution < -0.4 is 21.1 Å². The van der Waals surface area contributed by atoms with E-state index in [1.807, 2.05) is 6.82 Å². The van der Waals surface area contributed by atoms with Crippen LogP contribution in [0, 0.1) is 5.92 Å². The minimum atomic E-state index is -0.573. The van der Waals surface area contributed by atoms with E-state index in [1.54, 1.807) is 28.0 Å². The van der Waals surface area contributed by atoms with Gasteiger partial charge < -0.3 is 19.5 Å². The van der Waals surface area contributed by atoms with E-state index in [4.69, 9.17) is 18.9 Å². The van der Waals surface area contributed by atoms with E-state index < -0.39 is 27.2 Å². The fraction of sp³-hybridized carbons (Fsp3) is 0.962. The molecule has 0 spiro atoms. The van der Waals surface area contributed by atoms with Gasteiger partial charge in [-0.15, -0.1) is 0 Å². The fourth-order valence-electron chi connectivity index (χ4n) is 8.86. The van der Waals surface area contributed by atoms with Crippen molar-refractivity contribution >= 4 is 40.2 Å². The van der Waals surface area contributed by atoms with Gasteiger partial charge >= 0.3 is 227 Å². The van der Waals surface area contributed by atoms with Crippen LogP contribution in [-0.4, -0.2) is 152 Å². The van der Waals surface area contributed by atoms with Crippen molar-refractivity contribution in [2.24, 2.45) is 10.8 Å². The van der Waals surface area contributed by atoms with Gasteiger partial charge in [0.2, 0.25) is 5.91 Å². The van der Waals surface area contributed by atoms with Crippen molar-refractivity contribution in [3.63, 3.8) is 0 Å². The number of hydrogen-bond acceptors (Lipinski definition) is 13. The molecule has 0 aromatic carbocycles. The van der Waals surface area contributed by atoms with Gasteiger partial charge in [-0.1, -0.05) is 135 Å². The Hall–Kier alpha value is -1.56. The van der Waals surface area contributed by atoms with E-state index in [1.165, 1.54) is 109 Å². The third-order valence-electron chi connectivity index (χ3n) is 13.3. The molecule has 420 valence electrons. The second-order valence-corrected chi connectivity index (χ2v) is 20.4. The molecule has 0 aromatic heterocycles. The first-order chi connectivity index (χ1) is 35.1. The molecule has 0 aliphatic carbocycles. The molecule has 7 N–H and O–H groups in total. The SMILES string of the molecule is CCCCCCCCCCCCCCCCCCCCCCC(NC(=O)CCOCCOCCOC)C(=O)NCCCCCCC(CN=BOCCCCCNB(C)O)CN(CCCCNB(C)O)B(C)O. The van der Waals surface area contributed by atoms with E-state index in [9.17, 15) is 24.7 Å². The molecule has 0 aliphatic rings. The molecule has 2 unspecified atom stereocenters. The topological polar surface area (TPSA) is 195 Å². The normalized spacial score (nSPS) is 12.3. The molecular formula is C53H112B4N6O9. The number of carbonyl (C=O) groups excluding carboxylic acids is 2. The Bertz CT molecular complexity index is 1190. The molecular weight excluding hydrogens is 908 g/mol. The summed E-state index contributed by atoms with van der Waals surface area (Å²) in [5.41, 5.74) is 0. The third kappa shape index (κ3) is 51.9. The monoisotopic (exact) mass is 1020 g/mol. The molecule has 0 saturated carbocycles. The van der Waals surface area contributed by atoms with Gasteiger partial charge in [-0.25, -0.2) is 0 Å². The third-order valence-corrected chi connectivity index (χ3v) is 13.3.